The molecular weight excluding hydrogens is 242 g/mol. The van der Waals surface area contributed by atoms with E-state index in [9.17, 15) is 0 Å². The Balaban J connectivity index is 1.81. The molecule has 1 aromatic heterocycles. The molecule has 1 saturated heterocycles. The van der Waals surface area contributed by atoms with Crippen molar-refractivity contribution in [2.45, 2.75) is 63.9 Å². The molecule has 0 amide bonds. The second-order valence-electron chi connectivity index (χ2n) is 5.50. The van der Waals surface area contributed by atoms with E-state index in [2.05, 4.69) is 17.1 Å². The summed E-state index contributed by atoms with van der Waals surface area (Å²) in [5.41, 5.74) is 5.12. The molecule has 0 radical (unpaired) electrons. The minimum absolute atomic E-state index is 0.348. The number of aromatic nitrogens is 2. The zero-order valence-corrected chi connectivity index (χ0v) is 11.9. The smallest absolute Gasteiger partial charge is 0.226 e. The van der Waals surface area contributed by atoms with Crippen molar-refractivity contribution < 1.29 is 9.26 Å². The number of aryl methyl sites for hydroxylation is 1. The summed E-state index contributed by atoms with van der Waals surface area (Å²) in [4.78, 5) is 4.50. The topological polar surface area (TPSA) is 74.2 Å². The molecule has 19 heavy (non-hydrogen) atoms. The first-order chi connectivity index (χ1) is 9.24. The van der Waals surface area contributed by atoms with Crippen molar-refractivity contribution in [3.8, 4) is 0 Å². The molecule has 2 N–H and O–H groups in total. The molecule has 1 fully saturated rings. The molecule has 2 rings (SSSR count). The lowest BCUT2D eigenvalue weighted by Gasteiger charge is -2.30. The first-order valence-electron chi connectivity index (χ1n) is 7.42. The van der Waals surface area contributed by atoms with Crippen LogP contribution in [-0.4, -0.2) is 23.3 Å². The fourth-order valence-corrected chi connectivity index (χ4v) is 2.46. The van der Waals surface area contributed by atoms with Crippen LogP contribution in [0.5, 0.6) is 0 Å². The SMILES string of the molecule is CC1(c2noc(CCCCCCN)n2)CCCCO1. The summed E-state index contributed by atoms with van der Waals surface area (Å²) < 4.78 is 11.1. The minimum Gasteiger partial charge on any atom is -0.367 e. The standard InChI is InChI=1S/C14H25N3O2/c1-14(9-5-7-11-18-14)13-16-12(19-17-13)8-4-2-3-6-10-15/h2-11,15H2,1H3. The van der Waals surface area contributed by atoms with E-state index in [0.717, 1.165) is 51.1 Å². The number of rotatable bonds is 7. The maximum atomic E-state index is 5.82. The van der Waals surface area contributed by atoms with Crippen LogP contribution >= 0.6 is 0 Å². The third-order valence-corrected chi connectivity index (χ3v) is 3.75. The Kier molecular flexibility index (Phi) is 5.34. The Morgan fingerprint density at radius 3 is 2.79 bits per heavy atom. The maximum absolute atomic E-state index is 5.82. The molecule has 1 aliphatic heterocycles. The summed E-state index contributed by atoms with van der Waals surface area (Å²) in [6, 6.07) is 0. The molecule has 1 aromatic rings. The van der Waals surface area contributed by atoms with Gasteiger partial charge in [-0.3, -0.25) is 0 Å². The Morgan fingerprint density at radius 1 is 1.21 bits per heavy atom. The Hall–Kier alpha value is -0.940. The second kappa shape index (κ2) is 7.01. The molecule has 5 nitrogen and oxygen atoms in total. The summed E-state index contributed by atoms with van der Waals surface area (Å²) >= 11 is 0. The number of nitrogens with two attached hydrogens (primary N) is 1. The highest BCUT2D eigenvalue weighted by Gasteiger charge is 2.34. The maximum Gasteiger partial charge on any atom is 0.226 e. The molecule has 1 aliphatic rings. The van der Waals surface area contributed by atoms with Gasteiger partial charge in [0.1, 0.15) is 5.60 Å². The van der Waals surface area contributed by atoms with Gasteiger partial charge in [0.05, 0.1) is 0 Å². The average molecular weight is 267 g/mol. The molecule has 108 valence electrons. The van der Waals surface area contributed by atoms with Gasteiger partial charge in [0, 0.05) is 13.0 Å². The summed E-state index contributed by atoms with van der Waals surface area (Å²) in [6.07, 6.45) is 8.65. The van der Waals surface area contributed by atoms with Gasteiger partial charge in [0.15, 0.2) is 0 Å². The van der Waals surface area contributed by atoms with E-state index < -0.39 is 0 Å². The summed E-state index contributed by atoms with van der Waals surface area (Å²) in [7, 11) is 0. The first kappa shape index (κ1) is 14.5. The molecule has 0 aromatic carbocycles. The van der Waals surface area contributed by atoms with Gasteiger partial charge in [-0.1, -0.05) is 18.0 Å². The van der Waals surface area contributed by atoms with Crippen LogP contribution in [0.1, 0.15) is 63.6 Å². The molecule has 0 aliphatic carbocycles. The van der Waals surface area contributed by atoms with Gasteiger partial charge in [-0.05, 0) is 45.6 Å². The minimum atomic E-state index is -0.348. The second-order valence-corrected chi connectivity index (χ2v) is 5.50. The van der Waals surface area contributed by atoms with Crippen LogP contribution in [-0.2, 0) is 16.8 Å². The van der Waals surface area contributed by atoms with Gasteiger partial charge in [-0.15, -0.1) is 0 Å². The fourth-order valence-electron chi connectivity index (χ4n) is 2.46. The highest BCUT2D eigenvalue weighted by molar-refractivity contribution is 5.00. The van der Waals surface area contributed by atoms with E-state index in [1.165, 1.54) is 19.3 Å². The average Bonchev–Trinajstić information content (AvgIpc) is 2.89. The first-order valence-corrected chi connectivity index (χ1v) is 7.42. The highest BCUT2D eigenvalue weighted by atomic mass is 16.5. The number of unbranched alkanes of at least 4 members (excludes halogenated alkanes) is 3. The number of ether oxygens (including phenoxy) is 1. The normalized spacial score (nSPS) is 23.7. The van der Waals surface area contributed by atoms with E-state index in [4.69, 9.17) is 15.0 Å². The predicted octanol–water partition coefficient (Wildman–Crippen LogP) is 2.55. The molecular formula is C14H25N3O2. The Bertz CT molecular complexity index is 373. The molecule has 1 atom stereocenters. The molecule has 0 spiro atoms. The number of hydrogen-bond acceptors (Lipinski definition) is 5. The van der Waals surface area contributed by atoms with E-state index in [1.807, 2.05) is 0 Å². The number of hydrogen-bond donors (Lipinski definition) is 1. The highest BCUT2D eigenvalue weighted by Crippen LogP contribution is 2.32. The summed E-state index contributed by atoms with van der Waals surface area (Å²) in [5, 5.41) is 4.10. The van der Waals surface area contributed by atoms with Gasteiger partial charge in [0.2, 0.25) is 11.7 Å². The van der Waals surface area contributed by atoms with Crippen LogP contribution in [0.3, 0.4) is 0 Å². The predicted molar refractivity (Wildman–Crippen MR) is 72.7 cm³/mol. The zero-order valence-electron chi connectivity index (χ0n) is 11.9. The monoisotopic (exact) mass is 267 g/mol. The lowest BCUT2D eigenvalue weighted by Crippen LogP contribution is -2.31. The van der Waals surface area contributed by atoms with Gasteiger partial charge < -0.3 is 15.0 Å². The van der Waals surface area contributed by atoms with Crippen LogP contribution in [0.2, 0.25) is 0 Å². The van der Waals surface area contributed by atoms with Crippen molar-refractivity contribution in [2.75, 3.05) is 13.2 Å². The van der Waals surface area contributed by atoms with Crippen molar-refractivity contribution >= 4 is 0 Å². The van der Waals surface area contributed by atoms with Crippen LogP contribution in [0, 0.1) is 0 Å². The third-order valence-electron chi connectivity index (χ3n) is 3.75. The van der Waals surface area contributed by atoms with Gasteiger partial charge in [0.25, 0.3) is 0 Å². The quantitative estimate of drug-likeness (QED) is 0.768. The molecule has 0 saturated carbocycles. The third kappa shape index (κ3) is 4.01. The zero-order chi connectivity index (χ0) is 13.6. The largest absolute Gasteiger partial charge is 0.367 e. The molecule has 5 heteroatoms. The fraction of sp³-hybridized carbons (Fsp3) is 0.857. The van der Waals surface area contributed by atoms with Crippen molar-refractivity contribution in [2.24, 2.45) is 5.73 Å². The Labute approximate surface area is 114 Å². The molecule has 1 unspecified atom stereocenters. The molecule has 0 bridgehead atoms. The molecule has 2 heterocycles. The van der Waals surface area contributed by atoms with Crippen molar-refractivity contribution in [1.29, 1.82) is 0 Å². The van der Waals surface area contributed by atoms with Gasteiger partial charge in [-0.2, -0.15) is 4.98 Å². The lowest BCUT2D eigenvalue weighted by atomic mass is 9.95. The van der Waals surface area contributed by atoms with Gasteiger partial charge >= 0.3 is 0 Å². The van der Waals surface area contributed by atoms with Crippen molar-refractivity contribution in [1.82, 2.24) is 10.1 Å². The van der Waals surface area contributed by atoms with E-state index in [0.29, 0.717) is 5.82 Å². The van der Waals surface area contributed by atoms with E-state index in [-0.39, 0.29) is 5.60 Å². The van der Waals surface area contributed by atoms with Crippen molar-refractivity contribution in [3.05, 3.63) is 11.7 Å². The van der Waals surface area contributed by atoms with Crippen LogP contribution in [0.25, 0.3) is 0 Å². The van der Waals surface area contributed by atoms with Crippen LogP contribution < -0.4 is 5.73 Å². The summed E-state index contributed by atoms with van der Waals surface area (Å²) in [5.74, 6) is 1.45. The van der Waals surface area contributed by atoms with Crippen molar-refractivity contribution in [3.63, 3.8) is 0 Å². The van der Waals surface area contributed by atoms with Gasteiger partial charge in [-0.25, -0.2) is 0 Å². The van der Waals surface area contributed by atoms with Crippen LogP contribution in [0.15, 0.2) is 4.52 Å². The van der Waals surface area contributed by atoms with E-state index >= 15 is 0 Å². The summed E-state index contributed by atoms with van der Waals surface area (Å²) in [6.45, 7) is 3.63. The number of nitrogens with zero attached hydrogens (tertiary/aromatic N) is 2. The van der Waals surface area contributed by atoms with E-state index in [1.54, 1.807) is 0 Å². The Morgan fingerprint density at radius 2 is 2.05 bits per heavy atom. The van der Waals surface area contributed by atoms with Crippen LogP contribution in [0.4, 0.5) is 0 Å². The lowest BCUT2D eigenvalue weighted by molar-refractivity contribution is -0.0770.